The molecule has 2 aliphatic heterocycles. The Kier molecular flexibility index (Phi) is 15.6. The van der Waals surface area contributed by atoms with Gasteiger partial charge in [-0.1, -0.05) is 58.0 Å². The molecule has 11 heteroatoms. The summed E-state index contributed by atoms with van der Waals surface area (Å²) in [7, 11) is 5.05. The Morgan fingerprint density at radius 3 is 2.43 bits per heavy atom. The van der Waals surface area contributed by atoms with Crippen LogP contribution in [0.3, 0.4) is 0 Å². The van der Waals surface area contributed by atoms with Crippen LogP contribution in [0.4, 0.5) is 5.69 Å². The Labute approximate surface area is 305 Å². The molecule has 0 bridgehead atoms. The molecular weight excluding hydrogens is 648 g/mol. The molecule has 2 aromatic carbocycles. The Hall–Kier alpha value is -3.22. The van der Waals surface area contributed by atoms with Crippen molar-refractivity contribution < 1.29 is 33.3 Å². The van der Waals surface area contributed by atoms with E-state index in [-0.39, 0.29) is 35.8 Å². The van der Waals surface area contributed by atoms with E-state index in [1.165, 1.54) is 0 Å². The van der Waals surface area contributed by atoms with Crippen LogP contribution in [-0.2, 0) is 41.8 Å². The van der Waals surface area contributed by atoms with Crippen LogP contribution in [0.25, 0.3) is 0 Å². The van der Waals surface area contributed by atoms with E-state index in [2.05, 4.69) is 60.5 Å². The van der Waals surface area contributed by atoms with Gasteiger partial charge in [-0.15, -0.1) is 0 Å². The van der Waals surface area contributed by atoms with E-state index in [0.717, 1.165) is 47.6 Å². The van der Waals surface area contributed by atoms with Gasteiger partial charge in [-0.05, 0) is 60.4 Å². The summed E-state index contributed by atoms with van der Waals surface area (Å²) in [6.45, 7) is 13.4. The molecule has 2 amide bonds. The summed E-state index contributed by atoms with van der Waals surface area (Å²) in [6.07, 6.45) is 2.36. The number of fused-ring (bicyclic) bond motifs is 1. The number of benzene rings is 2. The van der Waals surface area contributed by atoms with Gasteiger partial charge in [-0.2, -0.15) is 0 Å². The van der Waals surface area contributed by atoms with E-state index in [1.807, 2.05) is 24.8 Å². The van der Waals surface area contributed by atoms with Gasteiger partial charge in [0.25, 0.3) is 0 Å². The number of nitrogens with two attached hydrogens (primary N) is 1. The number of methoxy groups -OCH3 is 2. The molecule has 1 fully saturated rings. The molecule has 2 aliphatic rings. The largest absolute Gasteiger partial charge is 0.490 e. The van der Waals surface area contributed by atoms with Crippen molar-refractivity contribution in [2.24, 2.45) is 17.1 Å². The lowest BCUT2D eigenvalue weighted by molar-refractivity contribution is -0.145. The molecule has 0 aliphatic carbocycles. The summed E-state index contributed by atoms with van der Waals surface area (Å²) in [6, 6.07) is 13.9. The highest BCUT2D eigenvalue weighted by Gasteiger charge is 2.43. The van der Waals surface area contributed by atoms with E-state index in [4.69, 9.17) is 29.4 Å². The highest BCUT2D eigenvalue weighted by Crippen LogP contribution is 2.40. The van der Waals surface area contributed by atoms with E-state index in [9.17, 15) is 9.59 Å². The zero-order chi connectivity index (χ0) is 37.0. The predicted molar refractivity (Wildman–Crippen MR) is 200 cm³/mol. The van der Waals surface area contributed by atoms with Gasteiger partial charge in [0.05, 0.1) is 50.8 Å². The number of carbonyl (C=O) groups is 2. The molecule has 4 rings (SSSR count). The number of amides is 2. The highest BCUT2D eigenvalue weighted by molar-refractivity contribution is 5.83. The molecule has 1 saturated heterocycles. The summed E-state index contributed by atoms with van der Waals surface area (Å²) < 4.78 is 29.0. The molecule has 0 spiro atoms. The Morgan fingerprint density at radius 1 is 1.02 bits per heavy atom. The smallest absolute Gasteiger partial charge is 0.239 e. The number of nitrogens with one attached hydrogen (secondary N) is 1. The van der Waals surface area contributed by atoms with Gasteiger partial charge in [-0.3, -0.25) is 9.59 Å². The SMILES string of the molecule is CNC(=O)C(C)(C)C[C@@H]1C[C@H](c2ccc(COCCOC)cc2)[C@@H](OCc2ccc3c(c2)N(CCCOC)CCO3)CN1C(=O)C(N)CC(C)C. The molecule has 4 atom stereocenters. The van der Waals surface area contributed by atoms with Gasteiger partial charge in [0.2, 0.25) is 11.8 Å². The van der Waals surface area contributed by atoms with Gasteiger partial charge in [-0.25, -0.2) is 0 Å². The summed E-state index contributed by atoms with van der Waals surface area (Å²) in [5.41, 5.74) is 10.2. The van der Waals surface area contributed by atoms with Crippen LogP contribution < -0.4 is 20.7 Å². The fourth-order valence-electron chi connectivity index (χ4n) is 7.30. The van der Waals surface area contributed by atoms with Crippen LogP contribution in [-0.4, -0.2) is 102 Å². The molecule has 11 nitrogen and oxygen atoms in total. The Balaban J connectivity index is 1.63. The van der Waals surface area contributed by atoms with E-state index >= 15 is 0 Å². The van der Waals surface area contributed by atoms with Crippen LogP contribution in [0.15, 0.2) is 42.5 Å². The molecule has 0 radical (unpaired) electrons. The maximum Gasteiger partial charge on any atom is 0.239 e. The standard InChI is InChI=1S/C40H62N4O7/c1-28(2)21-34(41)38(45)44-25-37(51-27-30-11-14-36-35(22-30)43(16-18-50-36)15-8-17-47-6)33(23-32(44)24-40(3,4)39(46)42-5)31-12-9-29(10-13-31)26-49-20-19-48-7/h9-14,22,28,32-34,37H,8,15-21,23-27,41H2,1-7H3,(H,42,46)/t32-,33+,34?,37-/m0/s1. The lowest BCUT2D eigenvalue weighted by Crippen LogP contribution is -2.58. The fourth-order valence-corrected chi connectivity index (χ4v) is 7.30. The zero-order valence-electron chi connectivity index (χ0n) is 32.0. The van der Waals surface area contributed by atoms with Crippen LogP contribution >= 0.6 is 0 Å². The van der Waals surface area contributed by atoms with Gasteiger partial charge in [0.1, 0.15) is 12.4 Å². The van der Waals surface area contributed by atoms with Crippen molar-refractivity contribution in [2.45, 2.75) is 90.7 Å². The topological polar surface area (TPSA) is 125 Å². The second kappa shape index (κ2) is 19.6. The van der Waals surface area contributed by atoms with E-state index < -0.39 is 11.5 Å². The maximum absolute atomic E-state index is 14.1. The quantitative estimate of drug-likeness (QED) is 0.196. The molecular formula is C40H62N4O7. The van der Waals surface area contributed by atoms with Crippen LogP contribution in [0, 0.1) is 11.3 Å². The van der Waals surface area contributed by atoms with Crippen molar-refractivity contribution in [2.75, 3.05) is 72.2 Å². The van der Waals surface area contributed by atoms with Crippen molar-refractivity contribution >= 4 is 17.5 Å². The average molecular weight is 711 g/mol. The summed E-state index contributed by atoms with van der Waals surface area (Å²) in [4.78, 5) is 31.4. The minimum atomic E-state index is -0.692. The predicted octanol–water partition coefficient (Wildman–Crippen LogP) is 4.89. The van der Waals surface area contributed by atoms with Crippen LogP contribution in [0.1, 0.15) is 76.0 Å². The summed E-state index contributed by atoms with van der Waals surface area (Å²) in [5, 5.41) is 2.82. The van der Waals surface area contributed by atoms with Gasteiger partial charge in [0, 0.05) is 58.3 Å². The number of rotatable bonds is 19. The van der Waals surface area contributed by atoms with Crippen LogP contribution in [0.2, 0.25) is 0 Å². The average Bonchev–Trinajstić information content (AvgIpc) is 3.12. The second-order valence-electron chi connectivity index (χ2n) is 15.0. The first-order valence-electron chi connectivity index (χ1n) is 18.5. The van der Waals surface area contributed by atoms with Crippen molar-refractivity contribution in [3.8, 4) is 5.75 Å². The molecule has 1 unspecified atom stereocenters. The number of hydrogen-bond donors (Lipinski definition) is 2. The molecule has 0 aromatic heterocycles. The van der Waals surface area contributed by atoms with Crippen molar-refractivity contribution in [3.05, 3.63) is 59.2 Å². The first-order valence-corrected chi connectivity index (χ1v) is 18.5. The zero-order valence-corrected chi connectivity index (χ0v) is 32.0. The third kappa shape index (κ3) is 11.4. The molecule has 0 saturated carbocycles. The Morgan fingerprint density at radius 2 is 1.75 bits per heavy atom. The van der Waals surface area contributed by atoms with Gasteiger partial charge < -0.3 is 44.5 Å². The van der Waals surface area contributed by atoms with Crippen molar-refractivity contribution in [1.82, 2.24) is 10.2 Å². The summed E-state index contributed by atoms with van der Waals surface area (Å²) in [5.74, 6) is 0.988. The van der Waals surface area contributed by atoms with E-state index in [0.29, 0.717) is 65.4 Å². The first-order chi connectivity index (χ1) is 24.5. The van der Waals surface area contributed by atoms with Gasteiger partial charge >= 0.3 is 0 Å². The number of hydrogen-bond acceptors (Lipinski definition) is 9. The fraction of sp³-hybridized carbons (Fsp3) is 0.650. The molecule has 3 N–H and O–H groups in total. The number of carbonyl (C=O) groups excluding carboxylic acids is 2. The van der Waals surface area contributed by atoms with Crippen molar-refractivity contribution in [1.29, 1.82) is 0 Å². The van der Waals surface area contributed by atoms with Crippen molar-refractivity contribution in [3.63, 3.8) is 0 Å². The maximum atomic E-state index is 14.1. The van der Waals surface area contributed by atoms with Gasteiger partial charge in [0.15, 0.2) is 0 Å². The highest BCUT2D eigenvalue weighted by atomic mass is 16.5. The van der Waals surface area contributed by atoms with E-state index in [1.54, 1.807) is 21.3 Å². The molecule has 2 aromatic rings. The molecule has 284 valence electrons. The third-order valence-electron chi connectivity index (χ3n) is 10.0. The minimum Gasteiger partial charge on any atom is -0.490 e. The number of ether oxygens (including phenoxy) is 5. The number of piperidine rings is 1. The first kappa shape index (κ1) is 40.5. The summed E-state index contributed by atoms with van der Waals surface area (Å²) >= 11 is 0. The number of likely N-dealkylation sites (tertiary alicyclic amines) is 1. The molecule has 51 heavy (non-hydrogen) atoms. The monoisotopic (exact) mass is 710 g/mol. The normalized spacial score (nSPS) is 19.8. The minimum absolute atomic E-state index is 0.0178. The lowest BCUT2D eigenvalue weighted by atomic mass is 9.76. The number of nitrogens with zero attached hydrogens (tertiary/aromatic N) is 2. The van der Waals surface area contributed by atoms with Crippen LogP contribution in [0.5, 0.6) is 5.75 Å². The Bertz CT molecular complexity index is 1390. The number of anilines is 1. The lowest BCUT2D eigenvalue weighted by Gasteiger charge is -2.47. The second-order valence-corrected chi connectivity index (χ2v) is 15.0. The third-order valence-corrected chi connectivity index (χ3v) is 10.0. The molecule has 2 heterocycles.